The van der Waals surface area contributed by atoms with E-state index in [0.717, 1.165) is 45.4 Å². The van der Waals surface area contributed by atoms with E-state index in [4.69, 9.17) is 9.73 Å². The SMILES string of the molecule is CCNC(=NCC(C(C)C)N1CCCCCC1)N1CCC2(CCOC2)C1. The summed E-state index contributed by atoms with van der Waals surface area (Å²) in [6, 6.07) is 0.563. The monoisotopic (exact) mass is 364 g/mol. The van der Waals surface area contributed by atoms with Gasteiger partial charge in [0.1, 0.15) is 0 Å². The van der Waals surface area contributed by atoms with Crippen molar-refractivity contribution in [2.45, 2.75) is 65.3 Å². The van der Waals surface area contributed by atoms with E-state index in [9.17, 15) is 0 Å². The molecular weight excluding hydrogens is 324 g/mol. The molecule has 0 aromatic carbocycles. The van der Waals surface area contributed by atoms with Gasteiger partial charge >= 0.3 is 0 Å². The molecule has 0 amide bonds. The van der Waals surface area contributed by atoms with Gasteiger partial charge in [-0.05, 0) is 51.6 Å². The molecule has 0 aliphatic carbocycles. The largest absolute Gasteiger partial charge is 0.381 e. The number of nitrogens with zero attached hydrogens (tertiary/aromatic N) is 3. The summed E-state index contributed by atoms with van der Waals surface area (Å²) in [5.41, 5.74) is 0.387. The average Bonchev–Trinajstić information content (AvgIpc) is 3.17. The van der Waals surface area contributed by atoms with Crippen LogP contribution in [0.15, 0.2) is 4.99 Å². The number of ether oxygens (including phenoxy) is 1. The molecule has 0 saturated carbocycles. The standard InChI is InChI=1S/C21H40N4O/c1-4-22-20(25-13-9-21(16-25)10-14-26-17-21)23-15-19(18(2)3)24-11-7-5-6-8-12-24/h18-19H,4-17H2,1-3H3,(H,22,23). The van der Waals surface area contributed by atoms with Crippen molar-refractivity contribution in [1.29, 1.82) is 0 Å². The number of hydrogen-bond acceptors (Lipinski definition) is 3. The maximum absolute atomic E-state index is 5.70. The van der Waals surface area contributed by atoms with Gasteiger partial charge in [-0.15, -0.1) is 0 Å². The van der Waals surface area contributed by atoms with Gasteiger partial charge in [0.05, 0.1) is 13.2 Å². The summed E-state index contributed by atoms with van der Waals surface area (Å²) < 4.78 is 5.70. The van der Waals surface area contributed by atoms with Crippen LogP contribution >= 0.6 is 0 Å². The van der Waals surface area contributed by atoms with E-state index in [1.807, 2.05) is 0 Å². The van der Waals surface area contributed by atoms with E-state index in [1.54, 1.807) is 0 Å². The zero-order chi connectivity index (χ0) is 18.4. The molecule has 26 heavy (non-hydrogen) atoms. The van der Waals surface area contributed by atoms with Crippen molar-refractivity contribution in [2.75, 3.05) is 52.5 Å². The maximum atomic E-state index is 5.70. The molecule has 2 atom stereocenters. The third-order valence-electron chi connectivity index (χ3n) is 6.57. The molecule has 0 radical (unpaired) electrons. The Morgan fingerprint density at radius 3 is 2.50 bits per heavy atom. The summed E-state index contributed by atoms with van der Waals surface area (Å²) >= 11 is 0. The first-order valence-electron chi connectivity index (χ1n) is 11.0. The summed E-state index contributed by atoms with van der Waals surface area (Å²) in [4.78, 5) is 10.3. The van der Waals surface area contributed by atoms with E-state index >= 15 is 0 Å². The van der Waals surface area contributed by atoms with E-state index in [0.29, 0.717) is 17.4 Å². The Hall–Kier alpha value is -0.810. The lowest BCUT2D eigenvalue weighted by Gasteiger charge is -2.33. The van der Waals surface area contributed by atoms with Gasteiger partial charge in [0, 0.05) is 37.7 Å². The Morgan fingerprint density at radius 1 is 1.12 bits per heavy atom. The van der Waals surface area contributed by atoms with Crippen molar-refractivity contribution in [3.8, 4) is 0 Å². The van der Waals surface area contributed by atoms with Crippen LogP contribution in [0, 0.1) is 11.3 Å². The average molecular weight is 365 g/mol. The lowest BCUT2D eigenvalue weighted by atomic mass is 9.87. The number of aliphatic imine (C=N–C) groups is 1. The third-order valence-corrected chi connectivity index (χ3v) is 6.57. The van der Waals surface area contributed by atoms with Crippen LogP contribution in [-0.4, -0.2) is 74.3 Å². The van der Waals surface area contributed by atoms with Crippen molar-refractivity contribution in [3.05, 3.63) is 0 Å². The predicted octanol–water partition coefficient (Wildman–Crippen LogP) is 2.96. The highest BCUT2D eigenvalue weighted by Crippen LogP contribution is 2.38. The van der Waals surface area contributed by atoms with Crippen LogP contribution in [-0.2, 0) is 4.74 Å². The zero-order valence-electron chi connectivity index (χ0n) is 17.3. The van der Waals surface area contributed by atoms with Crippen LogP contribution in [0.4, 0.5) is 0 Å². The summed E-state index contributed by atoms with van der Waals surface area (Å²) in [6.45, 7) is 15.3. The molecule has 1 spiro atoms. The van der Waals surface area contributed by atoms with Crippen molar-refractivity contribution in [2.24, 2.45) is 16.3 Å². The molecule has 5 heteroatoms. The molecule has 5 nitrogen and oxygen atoms in total. The second-order valence-electron chi connectivity index (χ2n) is 8.93. The summed E-state index contributed by atoms with van der Waals surface area (Å²) in [5.74, 6) is 1.77. The van der Waals surface area contributed by atoms with Crippen molar-refractivity contribution < 1.29 is 4.74 Å². The van der Waals surface area contributed by atoms with Gasteiger partial charge < -0.3 is 15.0 Å². The summed E-state index contributed by atoms with van der Waals surface area (Å²) in [5, 5.41) is 3.56. The van der Waals surface area contributed by atoms with Gasteiger partial charge in [0.15, 0.2) is 5.96 Å². The van der Waals surface area contributed by atoms with Gasteiger partial charge in [-0.1, -0.05) is 26.7 Å². The molecule has 0 aromatic heterocycles. The highest BCUT2D eigenvalue weighted by Gasteiger charge is 2.42. The van der Waals surface area contributed by atoms with Gasteiger partial charge in [-0.2, -0.15) is 0 Å². The van der Waals surface area contributed by atoms with Crippen LogP contribution in [0.2, 0.25) is 0 Å². The number of rotatable bonds is 5. The normalized spacial score (nSPS) is 29.5. The van der Waals surface area contributed by atoms with E-state index in [2.05, 4.69) is 35.9 Å². The van der Waals surface area contributed by atoms with Gasteiger partial charge in [0.25, 0.3) is 0 Å². The van der Waals surface area contributed by atoms with Crippen molar-refractivity contribution in [3.63, 3.8) is 0 Å². The molecule has 3 saturated heterocycles. The first kappa shape index (κ1) is 19.9. The minimum absolute atomic E-state index is 0.387. The highest BCUT2D eigenvalue weighted by atomic mass is 16.5. The minimum atomic E-state index is 0.387. The maximum Gasteiger partial charge on any atom is 0.193 e. The molecule has 3 heterocycles. The van der Waals surface area contributed by atoms with Crippen LogP contribution < -0.4 is 5.32 Å². The lowest BCUT2D eigenvalue weighted by molar-refractivity contribution is 0.156. The molecule has 2 unspecified atom stereocenters. The Labute approximate surface area is 160 Å². The number of hydrogen-bond donors (Lipinski definition) is 1. The fourth-order valence-corrected chi connectivity index (χ4v) is 4.87. The molecule has 1 N–H and O–H groups in total. The zero-order valence-corrected chi connectivity index (χ0v) is 17.3. The van der Waals surface area contributed by atoms with E-state index < -0.39 is 0 Å². The Kier molecular flexibility index (Phi) is 7.21. The van der Waals surface area contributed by atoms with Gasteiger partial charge in [-0.3, -0.25) is 9.89 Å². The van der Waals surface area contributed by atoms with Crippen LogP contribution in [0.3, 0.4) is 0 Å². The molecule has 0 bridgehead atoms. The van der Waals surface area contributed by atoms with Gasteiger partial charge in [-0.25, -0.2) is 0 Å². The van der Waals surface area contributed by atoms with Crippen molar-refractivity contribution in [1.82, 2.24) is 15.1 Å². The van der Waals surface area contributed by atoms with Crippen molar-refractivity contribution >= 4 is 5.96 Å². The molecule has 150 valence electrons. The molecule has 3 aliphatic heterocycles. The molecular formula is C21H40N4O. The minimum Gasteiger partial charge on any atom is -0.381 e. The first-order chi connectivity index (χ1) is 12.6. The molecule has 0 aromatic rings. The lowest BCUT2D eigenvalue weighted by Crippen LogP contribution is -2.45. The van der Waals surface area contributed by atoms with E-state index in [-0.39, 0.29) is 0 Å². The third kappa shape index (κ3) is 4.92. The quantitative estimate of drug-likeness (QED) is 0.601. The van der Waals surface area contributed by atoms with Crippen LogP contribution in [0.1, 0.15) is 59.3 Å². The van der Waals surface area contributed by atoms with E-state index in [1.165, 1.54) is 51.6 Å². The molecule has 3 fully saturated rings. The number of nitrogens with one attached hydrogen (secondary N) is 1. The van der Waals surface area contributed by atoms with Crippen LogP contribution in [0.5, 0.6) is 0 Å². The summed E-state index contributed by atoms with van der Waals surface area (Å²) in [7, 11) is 0. The predicted molar refractivity (Wildman–Crippen MR) is 109 cm³/mol. The number of likely N-dealkylation sites (tertiary alicyclic amines) is 2. The number of guanidine groups is 1. The topological polar surface area (TPSA) is 40.1 Å². The smallest absolute Gasteiger partial charge is 0.193 e. The fourth-order valence-electron chi connectivity index (χ4n) is 4.87. The molecule has 3 aliphatic rings. The Balaban J connectivity index is 1.64. The highest BCUT2D eigenvalue weighted by molar-refractivity contribution is 5.80. The van der Waals surface area contributed by atoms with Crippen LogP contribution in [0.25, 0.3) is 0 Å². The first-order valence-corrected chi connectivity index (χ1v) is 11.0. The molecule has 3 rings (SSSR count). The van der Waals surface area contributed by atoms with Gasteiger partial charge in [0.2, 0.25) is 0 Å². The Bertz CT molecular complexity index is 451. The fraction of sp³-hybridized carbons (Fsp3) is 0.952. The summed E-state index contributed by atoms with van der Waals surface area (Å²) in [6.07, 6.45) is 7.95. The second-order valence-corrected chi connectivity index (χ2v) is 8.93. The second kappa shape index (κ2) is 9.41. The Morgan fingerprint density at radius 2 is 1.88 bits per heavy atom.